The van der Waals surface area contributed by atoms with Crippen LogP contribution in [0.1, 0.15) is 25.7 Å². The van der Waals surface area contributed by atoms with Crippen molar-refractivity contribution < 1.29 is 4.42 Å². The average molecular weight is 342 g/mol. The summed E-state index contributed by atoms with van der Waals surface area (Å²) in [5.74, 6) is 0. The number of anilines is 3. The molecule has 1 saturated heterocycles. The van der Waals surface area contributed by atoms with Gasteiger partial charge in [-0.1, -0.05) is 24.4 Å². The Kier molecular flexibility index (Phi) is 4.30. The quantitative estimate of drug-likeness (QED) is 0.672. The largest absolute Gasteiger partial charge is 0.423 e. The number of aromatic nitrogens is 1. The van der Waals surface area contributed by atoms with Crippen LogP contribution in [0.3, 0.4) is 0 Å². The lowest BCUT2D eigenvalue weighted by Crippen LogP contribution is -2.23. The molecular weight excluding hydrogens is 322 g/mol. The molecule has 1 aromatic heterocycles. The summed E-state index contributed by atoms with van der Waals surface area (Å²) in [6, 6.07) is 14.4. The molecule has 1 aliphatic rings. The number of benzene rings is 2. The van der Waals surface area contributed by atoms with Gasteiger partial charge in [-0.2, -0.15) is 4.98 Å². The van der Waals surface area contributed by atoms with Gasteiger partial charge in [0.15, 0.2) is 5.58 Å². The maximum atomic E-state index is 5.98. The minimum absolute atomic E-state index is 0.481. The topological polar surface area (TPSA) is 41.3 Å². The Morgan fingerprint density at radius 2 is 1.71 bits per heavy atom. The van der Waals surface area contributed by atoms with E-state index in [4.69, 9.17) is 16.0 Å². The number of rotatable bonds is 3. The molecule has 0 atom stereocenters. The van der Waals surface area contributed by atoms with Crippen molar-refractivity contribution in [1.29, 1.82) is 0 Å². The third kappa shape index (κ3) is 3.34. The summed E-state index contributed by atoms with van der Waals surface area (Å²) in [6.07, 6.45) is 5.26. The fourth-order valence-electron chi connectivity index (χ4n) is 3.16. The zero-order valence-electron chi connectivity index (χ0n) is 13.5. The average Bonchev–Trinajstić information content (AvgIpc) is 2.80. The summed E-state index contributed by atoms with van der Waals surface area (Å²) >= 11 is 5.98. The molecule has 0 spiro atoms. The molecule has 0 amide bonds. The highest BCUT2D eigenvalue weighted by Gasteiger charge is 2.10. The molecule has 124 valence electrons. The zero-order valence-corrected chi connectivity index (χ0v) is 14.2. The number of nitrogens with one attached hydrogen (secondary N) is 1. The second-order valence-electron chi connectivity index (χ2n) is 6.20. The van der Waals surface area contributed by atoms with E-state index in [1.54, 1.807) is 12.1 Å². The van der Waals surface area contributed by atoms with Crippen LogP contribution in [0.4, 0.5) is 17.4 Å². The standard InChI is InChI=1S/C19H20ClN3O/c20-14-5-10-18-17(13-14)22-19(24-18)21-15-6-8-16(9-7-15)23-11-3-1-2-4-12-23/h5-10,13H,1-4,11-12H2,(H,21,22). The molecule has 2 heterocycles. The number of hydrogen-bond donors (Lipinski definition) is 1. The maximum Gasteiger partial charge on any atom is 0.300 e. The lowest BCUT2D eigenvalue weighted by Gasteiger charge is -2.22. The number of hydrogen-bond acceptors (Lipinski definition) is 4. The van der Waals surface area contributed by atoms with Crippen LogP contribution in [0.25, 0.3) is 11.1 Å². The smallest absolute Gasteiger partial charge is 0.300 e. The van der Waals surface area contributed by atoms with Crippen molar-refractivity contribution >= 4 is 40.1 Å². The highest BCUT2D eigenvalue weighted by molar-refractivity contribution is 6.31. The van der Waals surface area contributed by atoms with Gasteiger partial charge in [-0.25, -0.2) is 0 Å². The van der Waals surface area contributed by atoms with Crippen molar-refractivity contribution in [3.8, 4) is 0 Å². The molecule has 0 aliphatic carbocycles. The van der Waals surface area contributed by atoms with E-state index in [0.717, 1.165) is 29.9 Å². The van der Waals surface area contributed by atoms with Crippen LogP contribution in [0.15, 0.2) is 46.9 Å². The Morgan fingerprint density at radius 1 is 0.958 bits per heavy atom. The minimum Gasteiger partial charge on any atom is -0.423 e. The van der Waals surface area contributed by atoms with Crippen LogP contribution in [-0.2, 0) is 0 Å². The number of halogens is 1. The van der Waals surface area contributed by atoms with Crippen LogP contribution < -0.4 is 10.2 Å². The zero-order chi connectivity index (χ0) is 16.4. The summed E-state index contributed by atoms with van der Waals surface area (Å²) in [5, 5.41) is 3.87. The first-order chi connectivity index (χ1) is 11.8. The molecule has 2 aromatic carbocycles. The van der Waals surface area contributed by atoms with E-state index < -0.39 is 0 Å². The van der Waals surface area contributed by atoms with E-state index in [1.807, 2.05) is 6.07 Å². The summed E-state index contributed by atoms with van der Waals surface area (Å²) in [7, 11) is 0. The number of nitrogens with zero attached hydrogens (tertiary/aromatic N) is 2. The predicted octanol–water partition coefficient (Wildman–Crippen LogP) is 5.61. The third-order valence-corrected chi connectivity index (χ3v) is 4.67. The van der Waals surface area contributed by atoms with Gasteiger partial charge in [-0.3, -0.25) is 0 Å². The summed E-state index contributed by atoms with van der Waals surface area (Å²) in [5.41, 5.74) is 3.73. The third-order valence-electron chi connectivity index (χ3n) is 4.44. The van der Waals surface area contributed by atoms with Crippen LogP contribution >= 0.6 is 11.6 Å². The van der Waals surface area contributed by atoms with Crippen molar-refractivity contribution in [1.82, 2.24) is 4.98 Å². The molecule has 0 saturated carbocycles. The molecule has 0 radical (unpaired) electrons. The van der Waals surface area contributed by atoms with Crippen LogP contribution in [-0.4, -0.2) is 18.1 Å². The monoisotopic (exact) mass is 341 g/mol. The summed E-state index contributed by atoms with van der Waals surface area (Å²) < 4.78 is 5.70. The fraction of sp³-hybridized carbons (Fsp3) is 0.316. The van der Waals surface area contributed by atoms with Crippen molar-refractivity contribution in [3.63, 3.8) is 0 Å². The second kappa shape index (κ2) is 6.73. The molecule has 4 nitrogen and oxygen atoms in total. The first-order valence-electron chi connectivity index (χ1n) is 8.46. The van der Waals surface area contributed by atoms with Crippen molar-refractivity contribution in [3.05, 3.63) is 47.5 Å². The van der Waals surface area contributed by atoms with E-state index in [2.05, 4.69) is 39.5 Å². The van der Waals surface area contributed by atoms with Gasteiger partial charge < -0.3 is 14.6 Å². The van der Waals surface area contributed by atoms with E-state index in [1.165, 1.54) is 31.4 Å². The highest BCUT2D eigenvalue weighted by Crippen LogP contribution is 2.26. The van der Waals surface area contributed by atoms with Gasteiger partial charge in [0, 0.05) is 29.5 Å². The first-order valence-corrected chi connectivity index (χ1v) is 8.84. The molecule has 1 fully saturated rings. The van der Waals surface area contributed by atoms with E-state index in [-0.39, 0.29) is 0 Å². The van der Waals surface area contributed by atoms with Gasteiger partial charge in [0.1, 0.15) is 5.52 Å². The lowest BCUT2D eigenvalue weighted by atomic mass is 10.2. The lowest BCUT2D eigenvalue weighted by molar-refractivity contribution is 0.623. The predicted molar refractivity (Wildman–Crippen MR) is 99.4 cm³/mol. The molecule has 0 unspecified atom stereocenters. The Labute approximate surface area is 146 Å². The van der Waals surface area contributed by atoms with Crippen LogP contribution in [0.2, 0.25) is 5.02 Å². The van der Waals surface area contributed by atoms with Gasteiger partial charge in [0.05, 0.1) is 0 Å². The Morgan fingerprint density at radius 3 is 2.46 bits per heavy atom. The molecule has 5 heteroatoms. The molecule has 4 rings (SSSR count). The molecular formula is C19H20ClN3O. The van der Waals surface area contributed by atoms with Crippen molar-refractivity contribution in [2.45, 2.75) is 25.7 Å². The Balaban J connectivity index is 1.49. The van der Waals surface area contributed by atoms with Gasteiger partial charge in [0.25, 0.3) is 6.01 Å². The van der Waals surface area contributed by atoms with Gasteiger partial charge in [-0.15, -0.1) is 0 Å². The number of oxazole rings is 1. The Hall–Kier alpha value is -2.20. The second-order valence-corrected chi connectivity index (χ2v) is 6.64. The highest BCUT2D eigenvalue weighted by atomic mass is 35.5. The van der Waals surface area contributed by atoms with E-state index in [0.29, 0.717) is 11.0 Å². The van der Waals surface area contributed by atoms with E-state index >= 15 is 0 Å². The van der Waals surface area contributed by atoms with E-state index in [9.17, 15) is 0 Å². The summed E-state index contributed by atoms with van der Waals surface area (Å²) in [6.45, 7) is 2.30. The van der Waals surface area contributed by atoms with Crippen LogP contribution in [0.5, 0.6) is 0 Å². The minimum atomic E-state index is 0.481. The molecule has 0 bridgehead atoms. The van der Waals surface area contributed by atoms with Crippen molar-refractivity contribution in [2.75, 3.05) is 23.3 Å². The van der Waals surface area contributed by atoms with Gasteiger partial charge in [-0.05, 0) is 55.3 Å². The van der Waals surface area contributed by atoms with Crippen LogP contribution in [0, 0.1) is 0 Å². The molecule has 3 aromatic rings. The Bertz CT molecular complexity index is 820. The maximum absolute atomic E-state index is 5.98. The normalized spacial score (nSPS) is 15.5. The number of fused-ring (bicyclic) bond motifs is 1. The molecule has 24 heavy (non-hydrogen) atoms. The fourth-order valence-corrected chi connectivity index (χ4v) is 3.33. The SMILES string of the molecule is Clc1ccc2oc(Nc3ccc(N4CCCCCC4)cc3)nc2c1. The molecule has 1 N–H and O–H groups in total. The first kappa shape index (κ1) is 15.3. The molecule has 1 aliphatic heterocycles. The van der Waals surface area contributed by atoms with Crippen molar-refractivity contribution in [2.24, 2.45) is 0 Å². The van der Waals surface area contributed by atoms with Gasteiger partial charge >= 0.3 is 0 Å². The van der Waals surface area contributed by atoms with Gasteiger partial charge in [0.2, 0.25) is 0 Å². The summed E-state index contributed by atoms with van der Waals surface area (Å²) in [4.78, 5) is 6.89.